The van der Waals surface area contributed by atoms with Gasteiger partial charge in [0.25, 0.3) is 0 Å². The standard InChI is InChI=1S/C8H9Cl2N/c1-6-2-3-7(9)4-5-11-8(6)10/h3-6H,2H2,1H3/b5-4-,7-3-,11-8?. The molecule has 1 nitrogen and oxygen atoms in total. The van der Waals surface area contributed by atoms with Gasteiger partial charge in [0.1, 0.15) is 5.17 Å². The molecule has 1 aliphatic heterocycles. The molecule has 0 fully saturated rings. The first-order chi connectivity index (χ1) is 5.20. The van der Waals surface area contributed by atoms with E-state index in [1.165, 1.54) is 0 Å². The first-order valence-corrected chi connectivity index (χ1v) is 4.21. The molecule has 1 atom stereocenters. The van der Waals surface area contributed by atoms with E-state index in [2.05, 4.69) is 4.99 Å². The summed E-state index contributed by atoms with van der Waals surface area (Å²) in [5.74, 6) is 0.273. The number of rotatable bonds is 0. The van der Waals surface area contributed by atoms with Crippen LogP contribution in [0.3, 0.4) is 0 Å². The van der Waals surface area contributed by atoms with E-state index >= 15 is 0 Å². The van der Waals surface area contributed by atoms with E-state index in [-0.39, 0.29) is 5.92 Å². The molecule has 1 unspecified atom stereocenters. The van der Waals surface area contributed by atoms with Crippen LogP contribution in [0.4, 0.5) is 0 Å². The minimum atomic E-state index is 0.273. The van der Waals surface area contributed by atoms with Crippen molar-refractivity contribution >= 4 is 28.4 Å². The molecule has 0 N–H and O–H groups in total. The fourth-order valence-corrected chi connectivity index (χ4v) is 1.05. The van der Waals surface area contributed by atoms with Gasteiger partial charge >= 0.3 is 0 Å². The Kier molecular flexibility index (Phi) is 3.16. The SMILES string of the molecule is CC1C/C=C(Cl)/C=C\N=C1Cl. The maximum atomic E-state index is 5.82. The van der Waals surface area contributed by atoms with Crippen molar-refractivity contribution in [2.45, 2.75) is 13.3 Å². The number of hydrogen-bond donors (Lipinski definition) is 0. The van der Waals surface area contributed by atoms with Crippen molar-refractivity contribution in [2.24, 2.45) is 10.9 Å². The third-order valence-electron chi connectivity index (χ3n) is 1.50. The molecule has 0 aromatic heterocycles. The van der Waals surface area contributed by atoms with Crippen LogP contribution in [0.15, 0.2) is 28.4 Å². The van der Waals surface area contributed by atoms with Crippen LogP contribution < -0.4 is 0 Å². The lowest BCUT2D eigenvalue weighted by Crippen LogP contribution is -2.03. The lowest BCUT2D eigenvalue weighted by Gasteiger charge is -2.06. The monoisotopic (exact) mass is 189 g/mol. The molecule has 11 heavy (non-hydrogen) atoms. The van der Waals surface area contributed by atoms with Crippen LogP contribution in [0.5, 0.6) is 0 Å². The van der Waals surface area contributed by atoms with Crippen LogP contribution in [-0.2, 0) is 0 Å². The summed E-state index contributed by atoms with van der Waals surface area (Å²) < 4.78 is 0. The van der Waals surface area contributed by atoms with Gasteiger partial charge in [-0.15, -0.1) is 0 Å². The van der Waals surface area contributed by atoms with Gasteiger partial charge in [-0.25, -0.2) is 4.99 Å². The Morgan fingerprint density at radius 2 is 2.27 bits per heavy atom. The fourth-order valence-electron chi connectivity index (χ4n) is 0.762. The quantitative estimate of drug-likeness (QED) is 0.555. The Labute approximate surface area is 76.4 Å². The number of hydrogen-bond acceptors (Lipinski definition) is 1. The highest BCUT2D eigenvalue weighted by Crippen LogP contribution is 2.16. The van der Waals surface area contributed by atoms with Gasteiger partial charge in [0.05, 0.1) is 0 Å². The summed E-state index contributed by atoms with van der Waals surface area (Å²) in [6, 6.07) is 0. The number of nitrogens with zero attached hydrogens (tertiary/aromatic N) is 1. The van der Waals surface area contributed by atoms with Crippen molar-refractivity contribution < 1.29 is 0 Å². The lowest BCUT2D eigenvalue weighted by atomic mass is 10.1. The van der Waals surface area contributed by atoms with Gasteiger partial charge in [0, 0.05) is 17.2 Å². The second-order valence-corrected chi connectivity index (χ2v) is 3.32. The molecule has 0 saturated carbocycles. The van der Waals surface area contributed by atoms with E-state index in [4.69, 9.17) is 23.2 Å². The second kappa shape index (κ2) is 3.93. The zero-order valence-corrected chi connectivity index (χ0v) is 7.73. The summed E-state index contributed by atoms with van der Waals surface area (Å²) >= 11 is 11.6. The van der Waals surface area contributed by atoms with Gasteiger partial charge in [-0.1, -0.05) is 36.2 Å². The second-order valence-electron chi connectivity index (χ2n) is 2.49. The van der Waals surface area contributed by atoms with E-state index in [1.54, 1.807) is 12.3 Å². The topological polar surface area (TPSA) is 12.4 Å². The zero-order chi connectivity index (χ0) is 8.27. The summed E-state index contributed by atoms with van der Waals surface area (Å²) in [4.78, 5) is 3.99. The maximum absolute atomic E-state index is 5.82. The van der Waals surface area contributed by atoms with Crippen LogP contribution >= 0.6 is 23.2 Å². The number of allylic oxidation sites excluding steroid dienone is 3. The van der Waals surface area contributed by atoms with Crippen LogP contribution in [0, 0.1) is 5.92 Å². The first-order valence-electron chi connectivity index (χ1n) is 3.45. The zero-order valence-electron chi connectivity index (χ0n) is 6.22. The maximum Gasteiger partial charge on any atom is 0.109 e. The molecule has 1 aliphatic rings. The van der Waals surface area contributed by atoms with Crippen LogP contribution in [0.1, 0.15) is 13.3 Å². The Morgan fingerprint density at radius 3 is 3.00 bits per heavy atom. The van der Waals surface area contributed by atoms with Gasteiger partial charge in [-0.3, -0.25) is 0 Å². The summed E-state index contributed by atoms with van der Waals surface area (Å²) in [7, 11) is 0. The van der Waals surface area contributed by atoms with Gasteiger partial charge in [0.15, 0.2) is 0 Å². The van der Waals surface area contributed by atoms with Crippen LogP contribution in [0.2, 0.25) is 0 Å². The summed E-state index contributed by atoms with van der Waals surface area (Å²) in [6.45, 7) is 2.02. The Morgan fingerprint density at radius 1 is 1.55 bits per heavy atom. The minimum Gasteiger partial charge on any atom is -0.249 e. The highest BCUT2D eigenvalue weighted by molar-refractivity contribution is 6.65. The van der Waals surface area contributed by atoms with E-state index in [9.17, 15) is 0 Å². The molecular formula is C8H9Cl2N. The predicted octanol–water partition coefficient (Wildman–Crippen LogP) is 3.30. The molecule has 0 radical (unpaired) electrons. The Hall–Kier alpha value is -0.270. The molecule has 0 aliphatic carbocycles. The van der Waals surface area contributed by atoms with E-state index in [0.717, 1.165) is 11.5 Å². The van der Waals surface area contributed by atoms with Crippen LogP contribution in [-0.4, -0.2) is 5.17 Å². The molecule has 3 heteroatoms. The van der Waals surface area contributed by atoms with Gasteiger partial charge in [0.2, 0.25) is 0 Å². The fraction of sp³-hybridized carbons (Fsp3) is 0.375. The average molecular weight is 190 g/mol. The molecule has 0 amide bonds. The molecule has 0 saturated heterocycles. The normalized spacial score (nSPS) is 32.8. The highest BCUT2D eigenvalue weighted by atomic mass is 35.5. The van der Waals surface area contributed by atoms with Crippen molar-refractivity contribution in [1.29, 1.82) is 0 Å². The van der Waals surface area contributed by atoms with E-state index in [0.29, 0.717) is 5.17 Å². The molecule has 1 heterocycles. The van der Waals surface area contributed by atoms with Gasteiger partial charge < -0.3 is 0 Å². The molecule has 0 aromatic rings. The molecule has 60 valence electrons. The van der Waals surface area contributed by atoms with Crippen molar-refractivity contribution in [3.63, 3.8) is 0 Å². The van der Waals surface area contributed by atoms with E-state index in [1.807, 2.05) is 13.0 Å². The third kappa shape index (κ3) is 2.68. The predicted molar refractivity (Wildman–Crippen MR) is 50.1 cm³/mol. The van der Waals surface area contributed by atoms with Crippen molar-refractivity contribution in [1.82, 2.24) is 0 Å². The van der Waals surface area contributed by atoms with Crippen molar-refractivity contribution in [3.05, 3.63) is 23.4 Å². The molecule has 0 aromatic carbocycles. The molecule has 0 bridgehead atoms. The first kappa shape index (κ1) is 8.82. The smallest absolute Gasteiger partial charge is 0.109 e. The lowest BCUT2D eigenvalue weighted by molar-refractivity contribution is 0.799. The molecular weight excluding hydrogens is 181 g/mol. The summed E-state index contributed by atoms with van der Waals surface area (Å²) in [6.07, 6.45) is 6.15. The Balaban J connectivity index is 2.81. The van der Waals surface area contributed by atoms with Crippen LogP contribution in [0.25, 0.3) is 0 Å². The summed E-state index contributed by atoms with van der Waals surface area (Å²) in [5, 5.41) is 1.37. The number of aliphatic imine (C=N–C) groups is 1. The van der Waals surface area contributed by atoms with Crippen molar-refractivity contribution in [3.8, 4) is 0 Å². The largest absolute Gasteiger partial charge is 0.249 e. The average Bonchev–Trinajstić information content (AvgIpc) is 1.98. The Bertz CT molecular complexity index is 228. The molecule has 1 rings (SSSR count). The van der Waals surface area contributed by atoms with Gasteiger partial charge in [-0.05, 0) is 12.5 Å². The third-order valence-corrected chi connectivity index (χ3v) is 2.26. The number of halogens is 2. The highest BCUT2D eigenvalue weighted by Gasteiger charge is 2.06. The van der Waals surface area contributed by atoms with Crippen molar-refractivity contribution in [2.75, 3.05) is 0 Å². The summed E-state index contributed by atoms with van der Waals surface area (Å²) in [5.41, 5.74) is 0. The molecule has 0 spiro atoms. The van der Waals surface area contributed by atoms with E-state index < -0.39 is 0 Å². The minimum absolute atomic E-state index is 0.273. The van der Waals surface area contributed by atoms with Gasteiger partial charge in [-0.2, -0.15) is 0 Å².